The molecule has 0 bridgehead atoms. The number of hydrogen-bond acceptors (Lipinski definition) is 5. The molecule has 0 unspecified atom stereocenters. The Morgan fingerprint density at radius 1 is 1.25 bits per heavy atom. The van der Waals surface area contributed by atoms with Crippen molar-refractivity contribution in [2.45, 2.75) is 19.8 Å². The van der Waals surface area contributed by atoms with Crippen molar-refractivity contribution in [2.75, 3.05) is 6.61 Å². The number of carbonyl (C=O) groups is 1. The van der Waals surface area contributed by atoms with E-state index in [0.29, 0.717) is 17.9 Å². The lowest BCUT2D eigenvalue weighted by atomic mass is 10.1. The van der Waals surface area contributed by atoms with Crippen molar-refractivity contribution in [3.8, 4) is 23.0 Å². The first-order valence-electron chi connectivity index (χ1n) is 9.07. The maximum atomic E-state index is 12.2. The van der Waals surface area contributed by atoms with E-state index >= 15 is 0 Å². The number of nitrogens with zero attached hydrogens (tertiary/aromatic N) is 4. The van der Waals surface area contributed by atoms with Crippen molar-refractivity contribution >= 4 is 12.0 Å². The third kappa shape index (κ3) is 4.51. The van der Waals surface area contributed by atoms with Gasteiger partial charge in [0.2, 0.25) is 0 Å². The van der Waals surface area contributed by atoms with Gasteiger partial charge in [-0.25, -0.2) is 9.48 Å². The number of pyridine rings is 1. The van der Waals surface area contributed by atoms with Gasteiger partial charge in [-0.15, -0.1) is 0 Å². The maximum Gasteiger partial charge on any atom is 0.348 e. The number of ether oxygens (including phenoxy) is 1. The summed E-state index contributed by atoms with van der Waals surface area (Å²) in [7, 11) is 0. The van der Waals surface area contributed by atoms with Crippen LogP contribution in [-0.4, -0.2) is 27.3 Å². The Bertz CT molecular complexity index is 1000. The number of carbonyl (C=O) groups excluding carboxylic acids is 1. The van der Waals surface area contributed by atoms with E-state index in [2.05, 4.69) is 10.1 Å². The Morgan fingerprint density at radius 2 is 2.07 bits per heavy atom. The van der Waals surface area contributed by atoms with Gasteiger partial charge >= 0.3 is 5.97 Å². The topological polar surface area (TPSA) is 80.8 Å². The molecule has 0 aliphatic heterocycles. The quantitative estimate of drug-likeness (QED) is 0.269. The van der Waals surface area contributed by atoms with Gasteiger partial charge in [0.1, 0.15) is 17.3 Å². The van der Waals surface area contributed by atoms with E-state index in [-0.39, 0.29) is 5.57 Å². The molecule has 0 saturated heterocycles. The molecular weight excluding hydrogens is 352 g/mol. The molecule has 0 aliphatic carbocycles. The molecule has 1 aromatic carbocycles. The highest BCUT2D eigenvalue weighted by Crippen LogP contribution is 2.25. The Morgan fingerprint density at radius 3 is 2.75 bits per heavy atom. The van der Waals surface area contributed by atoms with Crippen LogP contribution < -0.4 is 0 Å². The zero-order chi connectivity index (χ0) is 19.8. The smallest absolute Gasteiger partial charge is 0.348 e. The number of benzene rings is 1. The van der Waals surface area contributed by atoms with Crippen LogP contribution in [0.4, 0.5) is 0 Å². The highest BCUT2D eigenvalue weighted by Gasteiger charge is 2.16. The van der Waals surface area contributed by atoms with E-state index in [9.17, 15) is 10.1 Å². The summed E-state index contributed by atoms with van der Waals surface area (Å²) in [5.74, 6) is -0.624. The largest absolute Gasteiger partial charge is 0.462 e. The number of nitriles is 1. The molecule has 2 heterocycles. The van der Waals surface area contributed by atoms with Gasteiger partial charge < -0.3 is 4.74 Å². The number of unbranched alkanes of at least 4 members (excludes halogenated alkanes) is 1. The first-order chi connectivity index (χ1) is 13.7. The van der Waals surface area contributed by atoms with Gasteiger partial charge in [0.25, 0.3) is 0 Å². The van der Waals surface area contributed by atoms with Gasteiger partial charge in [-0.1, -0.05) is 31.5 Å². The molecule has 0 radical (unpaired) electrons. The van der Waals surface area contributed by atoms with Gasteiger partial charge in [-0.3, -0.25) is 4.98 Å². The van der Waals surface area contributed by atoms with Crippen LogP contribution in [-0.2, 0) is 9.53 Å². The Hall–Kier alpha value is -3.72. The van der Waals surface area contributed by atoms with Gasteiger partial charge in [0.05, 0.1) is 12.3 Å². The summed E-state index contributed by atoms with van der Waals surface area (Å²) in [6.45, 7) is 2.31. The molecule has 2 aromatic heterocycles. The molecule has 0 aliphatic rings. The molecule has 28 heavy (non-hydrogen) atoms. The number of aromatic nitrogens is 3. The number of para-hydroxylation sites is 1. The summed E-state index contributed by atoms with van der Waals surface area (Å²) < 4.78 is 6.89. The van der Waals surface area contributed by atoms with Crippen LogP contribution in [0.25, 0.3) is 23.0 Å². The predicted octanol–water partition coefficient (Wildman–Crippen LogP) is 4.18. The average molecular weight is 372 g/mol. The Labute approximate surface area is 163 Å². The van der Waals surface area contributed by atoms with Gasteiger partial charge in [0, 0.05) is 29.7 Å². The molecule has 0 fully saturated rings. The first kappa shape index (κ1) is 19.1. The predicted molar refractivity (Wildman–Crippen MR) is 106 cm³/mol. The zero-order valence-electron chi connectivity index (χ0n) is 15.6. The second kappa shape index (κ2) is 9.28. The van der Waals surface area contributed by atoms with E-state index in [1.807, 2.05) is 55.5 Å². The van der Waals surface area contributed by atoms with E-state index in [1.165, 1.54) is 6.08 Å². The second-order valence-corrected chi connectivity index (χ2v) is 6.11. The minimum absolute atomic E-state index is 0.0612. The van der Waals surface area contributed by atoms with Gasteiger partial charge in [-0.05, 0) is 36.8 Å². The van der Waals surface area contributed by atoms with E-state index in [0.717, 1.165) is 24.1 Å². The van der Waals surface area contributed by atoms with Crippen LogP contribution >= 0.6 is 0 Å². The van der Waals surface area contributed by atoms with Crippen molar-refractivity contribution in [3.05, 3.63) is 72.2 Å². The Balaban J connectivity index is 2.02. The third-order valence-electron chi connectivity index (χ3n) is 4.07. The summed E-state index contributed by atoms with van der Waals surface area (Å²) >= 11 is 0. The zero-order valence-corrected chi connectivity index (χ0v) is 15.6. The normalized spacial score (nSPS) is 11.1. The molecule has 3 aromatic rings. The first-order valence-corrected chi connectivity index (χ1v) is 9.07. The highest BCUT2D eigenvalue weighted by molar-refractivity contribution is 5.98. The fraction of sp³-hybridized carbons (Fsp3) is 0.182. The number of esters is 1. The molecule has 0 N–H and O–H groups in total. The minimum atomic E-state index is -0.624. The lowest BCUT2D eigenvalue weighted by Crippen LogP contribution is -2.07. The van der Waals surface area contributed by atoms with Crippen molar-refractivity contribution in [1.82, 2.24) is 14.8 Å². The standard InChI is InChI=1S/C22H20N4O2/c1-2-3-12-28-22(27)18(14-23)13-19-16-26(20-9-5-4-6-10-20)25-21(19)17-8-7-11-24-15-17/h4-11,13,15-16H,2-3,12H2,1H3/b18-13+. The fourth-order valence-corrected chi connectivity index (χ4v) is 2.61. The lowest BCUT2D eigenvalue weighted by molar-refractivity contribution is -0.138. The van der Waals surface area contributed by atoms with Crippen LogP contribution in [0.5, 0.6) is 0 Å². The molecule has 140 valence electrons. The SMILES string of the molecule is CCCCOC(=O)/C(C#N)=C/c1cn(-c2ccccc2)nc1-c1cccnc1. The van der Waals surface area contributed by atoms with Crippen LogP contribution in [0.2, 0.25) is 0 Å². The van der Waals surface area contributed by atoms with Crippen LogP contribution in [0.15, 0.2) is 66.6 Å². The molecule has 6 heteroatoms. The summed E-state index contributed by atoms with van der Waals surface area (Å²) in [5.41, 5.74) is 2.87. The number of hydrogen-bond donors (Lipinski definition) is 0. The molecule has 0 atom stereocenters. The van der Waals surface area contributed by atoms with Crippen LogP contribution in [0, 0.1) is 11.3 Å². The molecule has 6 nitrogen and oxygen atoms in total. The number of rotatable bonds is 7. The molecule has 0 amide bonds. The summed E-state index contributed by atoms with van der Waals surface area (Å²) in [5, 5.41) is 14.1. The lowest BCUT2D eigenvalue weighted by Gasteiger charge is -2.02. The van der Waals surface area contributed by atoms with E-state index < -0.39 is 5.97 Å². The van der Waals surface area contributed by atoms with E-state index in [1.54, 1.807) is 23.3 Å². The Kier molecular flexibility index (Phi) is 6.32. The summed E-state index contributed by atoms with van der Waals surface area (Å²) in [4.78, 5) is 16.4. The van der Waals surface area contributed by atoms with Gasteiger partial charge in [0.15, 0.2) is 0 Å². The van der Waals surface area contributed by atoms with Crippen molar-refractivity contribution in [3.63, 3.8) is 0 Å². The third-order valence-corrected chi connectivity index (χ3v) is 4.07. The molecule has 0 saturated carbocycles. The minimum Gasteiger partial charge on any atom is -0.462 e. The van der Waals surface area contributed by atoms with Gasteiger partial charge in [-0.2, -0.15) is 10.4 Å². The fourth-order valence-electron chi connectivity index (χ4n) is 2.61. The van der Waals surface area contributed by atoms with Crippen molar-refractivity contribution < 1.29 is 9.53 Å². The highest BCUT2D eigenvalue weighted by atomic mass is 16.5. The second-order valence-electron chi connectivity index (χ2n) is 6.11. The average Bonchev–Trinajstić information content (AvgIpc) is 3.17. The molecule has 0 spiro atoms. The van der Waals surface area contributed by atoms with Crippen molar-refractivity contribution in [2.24, 2.45) is 0 Å². The monoisotopic (exact) mass is 372 g/mol. The van der Waals surface area contributed by atoms with Crippen molar-refractivity contribution in [1.29, 1.82) is 5.26 Å². The van der Waals surface area contributed by atoms with Crippen LogP contribution in [0.1, 0.15) is 25.3 Å². The summed E-state index contributed by atoms with van der Waals surface area (Å²) in [6, 6.07) is 15.3. The molecule has 3 rings (SSSR count). The molecular formula is C22H20N4O2. The van der Waals surface area contributed by atoms with E-state index in [4.69, 9.17) is 4.74 Å². The summed E-state index contributed by atoms with van der Waals surface area (Å²) in [6.07, 6.45) is 8.35. The van der Waals surface area contributed by atoms with Crippen LogP contribution in [0.3, 0.4) is 0 Å². The maximum absolute atomic E-state index is 12.2.